The minimum Gasteiger partial charge on any atom is -0.497 e. The average molecular weight is 335 g/mol. The number of imidazole rings is 1. The van der Waals surface area contributed by atoms with Gasteiger partial charge in [0.15, 0.2) is 0 Å². The number of rotatable bonds is 6. The maximum atomic E-state index is 5.26. The van der Waals surface area contributed by atoms with Crippen LogP contribution in [0.5, 0.6) is 5.75 Å². The Kier molecular flexibility index (Phi) is 5.03. The van der Waals surface area contributed by atoms with E-state index < -0.39 is 0 Å². The fourth-order valence-electron chi connectivity index (χ4n) is 2.79. The number of aromatic nitrogens is 2. The smallest absolute Gasteiger partial charge is 0.118 e. The maximum Gasteiger partial charge on any atom is 0.118 e. The van der Waals surface area contributed by atoms with E-state index in [-0.39, 0.29) is 4.08 Å². The molecule has 0 saturated carbocycles. The molecule has 0 spiro atoms. The first-order valence-corrected chi connectivity index (χ1v) is 9.46. The molecule has 1 fully saturated rings. The second kappa shape index (κ2) is 7.01. The standard InChI is InChI=1S/C17H22N2OS2/c1-14-12-21-17(22-14,7-9-19-10-8-18-13-19)11-15-3-5-16(20-2)6-4-15/h3-6,8,10,13-14H,7,9,11-12H2,1-2H3. The summed E-state index contributed by atoms with van der Waals surface area (Å²) in [4.78, 5) is 4.14. The van der Waals surface area contributed by atoms with Gasteiger partial charge >= 0.3 is 0 Å². The van der Waals surface area contributed by atoms with E-state index in [2.05, 4.69) is 70.5 Å². The van der Waals surface area contributed by atoms with E-state index in [1.54, 1.807) is 7.11 Å². The first kappa shape index (κ1) is 15.8. The largest absolute Gasteiger partial charge is 0.497 e. The van der Waals surface area contributed by atoms with E-state index in [9.17, 15) is 0 Å². The molecule has 1 aliphatic heterocycles. The Bertz CT molecular complexity index is 585. The topological polar surface area (TPSA) is 27.1 Å². The molecule has 3 rings (SSSR count). The molecule has 118 valence electrons. The summed E-state index contributed by atoms with van der Waals surface area (Å²) < 4.78 is 7.71. The van der Waals surface area contributed by atoms with E-state index >= 15 is 0 Å². The summed E-state index contributed by atoms with van der Waals surface area (Å²) in [5.74, 6) is 2.17. The predicted molar refractivity (Wildman–Crippen MR) is 95.8 cm³/mol. The Labute approximate surface area is 140 Å². The highest BCUT2D eigenvalue weighted by atomic mass is 32.2. The van der Waals surface area contributed by atoms with Gasteiger partial charge < -0.3 is 9.30 Å². The van der Waals surface area contributed by atoms with E-state index in [0.717, 1.165) is 30.4 Å². The summed E-state index contributed by atoms with van der Waals surface area (Å²) in [6.07, 6.45) is 8.08. The molecule has 0 radical (unpaired) electrons. The predicted octanol–water partition coefficient (Wildman–Crippen LogP) is 4.09. The molecule has 1 aromatic carbocycles. The van der Waals surface area contributed by atoms with Crippen molar-refractivity contribution >= 4 is 23.5 Å². The molecule has 2 atom stereocenters. The normalized spacial score (nSPS) is 24.5. The molecule has 0 bridgehead atoms. The van der Waals surface area contributed by atoms with Crippen LogP contribution in [-0.2, 0) is 13.0 Å². The van der Waals surface area contributed by atoms with Crippen molar-refractivity contribution in [2.75, 3.05) is 12.9 Å². The fourth-order valence-corrected chi connectivity index (χ4v) is 6.47. The molecule has 2 heterocycles. The molecule has 2 aromatic rings. The summed E-state index contributed by atoms with van der Waals surface area (Å²) in [6, 6.07) is 8.52. The summed E-state index contributed by atoms with van der Waals surface area (Å²) >= 11 is 4.26. The molecule has 3 nitrogen and oxygen atoms in total. The Balaban J connectivity index is 1.70. The van der Waals surface area contributed by atoms with Gasteiger partial charge in [-0.15, -0.1) is 23.5 Å². The molecular formula is C17H22N2OS2. The molecule has 1 aliphatic rings. The second-order valence-corrected chi connectivity index (χ2v) is 9.21. The van der Waals surface area contributed by atoms with Crippen LogP contribution in [0.1, 0.15) is 18.9 Å². The van der Waals surface area contributed by atoms with Crippen LogP contribution in [0, 0.1) is 0 Å². The van der Waals surface area contributed by atoms with E-state index in [4.69, 9.17) is 4.74 Å². The number of ether oxygens (including phenoxy) is 1. The lowest BCUT2D eigenvalue weighted by Gasteiger charge is -2.28. The zero-order valence-corrected chi connectivity index (χ0v) is 14.7. The SMILES string of the molecule is COc1ccc(CC2(CCn3ccnc3)SCC(C)S2)cc1. The van der Waals surface area contributed by atoms with Crippen LogP contribution in [0.2, 0.25) is 0 Å². The number of nitrogens with zero attached hydrogens (tertiary/aromatic N) is 2. The minimum absolute atomic E-state index is 0.276. The van der Waals surface area contributed by atoms with Crippen molar-refractivity contribution in [3.8, 4) is 5.75 Å². The van der Waals surface area contributed by atoms with Crippen LogP contribution < -0.4 is 4.74 Å². The number of methoxy groups -OCH3 is 1. The maximum absolute atomic E-state index is 5.26. The zero-order chi connectivity index (χ0) is 15.4. The molecule has 2 unspecified atom stereocenters. The molecule has 22 heavy (non-hydrogen) atoms. The van der Waals surface area contributed by atoms with Crippen LogP contribution >= 0.6 is 23.5 Å². The quantitative estimate of drug-likeness (QED) is 0.795. The number of hydrogen-bond acceptors (Lipinski definition) is 4. The monoisotopic (exact) mass is 334 g/mol. The second-order valence-electron chi connectivity index (χ2n) is 5.73. The van der Waals surface area contributed by atoms with Crippen LogP contribution in [0.3, 0.4) is 0 Å². The number of hydrogen-bond donors (Lipinski definition) is 0. The Morgan fingerprint density at radius 2 is 2.18 bits per heavy atom. The lowest BCUT2D eigenvalue weighted by atomic mass is 10.1. The average Bonchev–Trinajstić information content (AvgIpc) is 3.17. The van der Waals surface area contributed by atoms with Gasteiger partial charge in [0.2, 0.25) is 0 Å². The summed E-state index contributed by atoms with van der Waals surface area (Å²) in [6.45, 7) is 3.37. The highest BCUT2D eigenvalue weighted by Crippen LogP contribution is 2.52. The third-order valence-corrected chi connectivity index (χ3v) is 7.68. The summed E-state index contributed by atoms with van der Waals surface area (Å²) in [5.41, 5.74) is 1.39. The molecule has 5 heteroatoms. The van der Waals surface area contributed by atoms with Crippen molar-refractivity contribution in [2.45, 2.75) is 35.6 Å². The van der Waals surface area contributed by atoms with E-state index in [1.807, 2.05) is 12.5 Å². The zero-order valence-electron chi connectivity index (χ0n) is 13.1. The van der Waals surface area contributed by atoms with Crippen molar-refractivity contribution in [1.29, 1.82) is 0 Å². The lowest BCUT2D eigenvalue weighted by molar-refractivity contribution is 0.414. The van der Waals surface area contributed by atoms with Crippen LogP contribution in [0.15, 0.2) is 43.0 Å². The number of aryl methyl sites for hydroxylation is 1. The first-order chi connectivity index (χ1) is 10.7. The molecule has 0 aliphatic carbocycles. The van der Waals surface area contributed by atoms with Crippen LogP contribution in [0.25, 0.3) is 0 Å². The summed E-state index contributed by atoms with van der Waals surface area (Å²) in [7, 11) is 1.71. The lowest BCUT2D eigenvalue weighted by Crippen LogP contribution is -2.23. The van der Waals surface area contributed by atoms with E-state index in [0.29, 0.717) is 0 Å². The van der Waals surface area contributed by atoms with Gasteiger partial charge in [0, 0.05) is 29.9 Å². The van der Waals surface area contributed by atoms with Gasteiger partial charge in [0.1, 0.15) is 5.75 Å². The van der Waals surface area contributed by atoms with Gasteiger partial charge in [-0.2, -0.15) is 0 Å². The van der Waals surface area contributed by atoms with Gasteiger partial charge in [0.05, 0.1) is 17.5 Å². The molecule has 0 N–H and O–H groups in total. The van der Waals surface area contributed by atoms with Gasteiger partial charge in [0.25, 0.3) is 0 Å². The molecule has 1 saturated heterocycles. The highest BCUT2D eigenvalue weighted by molar-refractivity contribution is 8.21. The Morgan fingerprint density at radius 1 is 1.36 bits per heavy atom. The third-order valence-electron chi connectivity index (χ3n) is 3.94. The van der Waals surface area contributed by atoms with Gasteiger partial charge in [-0.1, -0.05) is 19.1 Å². The van der Waals surface area contributed by atoms with Crippen molar-refractivity contribution in [1.82, 2.24) is 9.55 Å². The van der Waals surface area contributed by atoms with E-state index in [1.165, 1.54) is 11.3 Å². The Morgan fingerprint density at radius 3 is 2.77 bits per heavy atom. The fraction of sp³-hybridized carbons (Fsp3) is 0.471. The van der Waals surface area contributed by atoms with Crippen molar-refractivity contribution in [3.05, 3.63) is 48.5 Å². The minimum atomic E-state index is 0.276. The summed E-state index contributed by atoms with van der Waals surface area (Å²) in [5, 5.41) is 0.728. The van der Waals surface area contributed by atoms with Crippen LogP contribution in [-0.4, -0.2) is 31.7 Å². The van der Waals surface area contributed by atoms with Crippen molar-refractivity contribution in [3.63, 3.8) is 0 Å². The number of thioether (sulfide) groups is 2. The highest BCUT2D eigenvalue weighted by Gasteiger charge is 2.38. The molecular weight excluding hydrogens is 312 g/mol. The van der Waals surface area contributed by atoms with Crippen LogP contribution in [0.4, 0.5) is 0 Å². The molecule has 0 amide bonds. The van der Waals surface area contributed by atoms with Gasteiger partial charge in [-0.25, -0.2) is 4.98 Å². The van der Waals surface area contributed by atoms with Gasteiger partial charge in [-0.3, -0.25) is 0 Å². The first-order valence-electron chi connectivity index (χ1n) is 7.59. The van der Waals surface area contributed by atoms with Crippen molar-refractivity contribution < 1.29 is 4.74 Å². The van der Waals surface area contributed by atoms with Gasteiger partial charge in [-0.05, 0) is 30.5 Å². The van der Waals surface area contributed by atoms with Crippen molar-refractivity contribution in [2.24, 2.45) is 0 Å². The Hall–Kier alpha value is -1.07. The molecule has 1 aromatic heterocycles. The number of benzene rings is 1. The third kappa shape index (κ3) is 3.82.